The largest absolute Gasteiger partial charge is 0.321 e. The molecule has 2 atom stereocenters. The van der Waals surface area contributed by atoms with Crippen molar-refractivity contribution in [3.05, 3.63) is 74.1 Å². The lowest BCUT2D eigenvalue weighted by Gasteiger charge is -2.31. The molecule has 0 saturated heterocycles. The fourth-order valence-corrected chi connectivity index (χ4v) is 5.41. The van der Waals surface area contributed by atoms with Crippen molar-refractivity contribution in [3.8, 4) is 0 Å². The van der Waals surface area contributed by atoms with Crippen molar-refractivity contribution in [1.82, 2.24) is 0 Å². The summed E-state index contributed by atoms with van der Waals surface area (Å²) in [7, 11) is 0. The number of amides is 1. The summed E-state index contributed by atoms with van der Waals surface area (Å²) in [5.41, 5.74) is 3.44. The predicted molar refractivity (Wildman–Crippen MR) is 105 cm³/mol. The van der Waals surface area contributed by atoms with Crippen molar-refractivity contribution in [2.75, 3.05) is 18.4 Å². The molecule has 0 radical (unpaired) electrons. The van der Waals surface area contributed by atoms with Crippen LogP contribution < -0.4 is 10.2 Å². The zero-order chi connectivity index (χ0) is 17.2. The Bertz CT molecular complexity index is 869. The van der Waals surface area contributed by atoms with Crippen molar-refractivity contribution in [2.24, 2.45) is 0 Å². The monoisotopic (exact) mass is 369 g/mol. The molecule has 1 aliphatic rings. The summed E-state index contributed by atoms with van der Waals surface area (Å²) in [4.78, 5) is 16.8. The molecule has 0 bridgehead atoms. The molecule has 2 N–H and O–H groups in total. The van der Waals surface area contributed by atoms with Gasteiger partial charge in [0.15, 0.2) is 6.54 Å². The van der Waals surface area contributed by atoms with E-state index in [-0.39, 0.29) is 11.9 Å². The number of rotatable bonds is 4. The highest BCUT2D eigenvalue weighted by Crippen LogP contribution is 2.31. The number of quaternary nitrogens is 1. The van der Waals surface area contributed by atoms with Crippen LogP contribution in [0.3, 0.4) is 0 Å². The van der Waals surface area contributed by atoms with Crippen molar-refractivity contribution in [1.29, 1.82) is 0 Å². The molecular weight excluding hydrogens is 348 g/mol. The second-order valence-electron chi connectivity index (χ2n) is 6.50. The number of thiophene rings is 2. The molecule has 2 aromatic heterocycles. The third-order valence-corrected chi connectivity index (χ3v) is 6.62. The topological polar surface area (TPSA) is 33.5 Å². The Morgan fingerprint density at radius 3 is 2.92 bits per heavy atom. The maximum Gasteiger partial charge on any atom is 0.279 e. The summed E-state index contributed by atoms with van der Waals surface area (Å²) in [6.07, 6.45) is 1.06. The minimum absolute atomic E-state index is 0.0841. The van der Waals surface area contributed by atoms with E-state index in [0.717, 1.165) is 24.2 Å². The van der Waals surface area contributed by atoms with E-state index in [0.29, 0.717) is 6.54 Å². The van der Waals surface area contributed by atoms with Gasteiger partial charge >= 0.3 is 0 Å². The van der Waals surface area contributed by atoms with E-state index in [2.05, 4.69) is 34.3 Å². The van der Waals surface area contributed by atoms with Crippen LogP contribution in [0.5, 0.6) is 0 Å². The first-order valence-electron chi connectivity index (χ1n) is 8.51. The van der Waals surface area contributed by atoms with Gasteiger partial charge in [-0.05, 0) is 47.5 Å². The molecule has 3 nitrogen and oxygen atoms in total. The molecule has 0 spiro atoms. The van der Waals surface area contributed by atoms with Gasteiger partial charge in [0, 0.05) is 22.5 Å². The summed E-state index contributed by atoms with van der Waals surface area (Å²) < 4.78 is 0. The lowest BCUT2D eigenvalue weighted by molar-refractivity contribution is -0.919. The first-order valence-corrected chi connectivity index (χ1v) is 10.3. The molecule has 1 aromatic carbocycles. The zero-order valence-electron chi connectivity index (χ0n) is 14.1. The summed E-state index contributed by atoms with van der Waals surface area (Å²) >= 11 is 3.63. The minimum atomic E-state index is 0.0841. The lowest BCUT2D eigenvalue weighted by Crippen LogP contribution is -3.14. The van der Waals surface area contributed by atoms with Crippen molar-refractivity contribution in [2.45, 2.75) is 19.4 Å². The molecule has 5 heteroatoms. The number of nitrogens with one attached hydrogen (secondary N) is 2. The number of hydrogen-bond donors (Lipinski definition) is 2. The predicted octanol–water partition coefficient (Wildman–Crippen LogP) is 3.29. The van der Waals surface area contributed by atoms with Gasteiger partial charge in [-0.25, -0.2) is 0 Å². The van der Waals surface area contributed by atoms with Crippen LogP contribution in [0.1, 0.15) is 26.9 Å². The minimum Gasteiger partial charge on any atom is -0.321 e. The molecule has 4 rings (SSSR count). The van der Waals surface area contributed by atoms with Crippen LogP contribution in [-0.4, -0.2) is 19.0 Å². The molecular formula is C20H21N2OS2+. The van der Waals surface area contributed by atoms with E-state index in [1.807, 2.05) is 42.5 Å². The average Bonchev–Trinajstić information content (AvgIpc) is 3.26. The Labute approximate surface area is 155 Å². The van der Waals surface area contributed by atoms with Gasteiger partial charge in [-0.2, -0.15) is 0 Å². The van der Waals surface area contributed by atoms with E-state index < -0.39 is 0 Å². The quantitative estimate of drug-likeness (QED) is 0.727. The Balaban J connectivity index is 1.54. The van der Waals surface area contributed by atoms with Crippen LogP contribution in [0.2, 0.25) is 0 Å². The Kier molecular flexibility index (Phi) is 4.70. The highest BCUT2D eigenvalue weighted by atomic mass is 32.1. The molecule has 1 unspecified atom stereocenters. The summed E-state index contributed by atoms with van der Waals surface area (Å²) in [6.45, 7) is 3.53. The number of anilines is 1. The molecule has 0 aliphatic carbocycles. The van der Waals surface area contributed by atoms with E-state index in [4.69, 9.17) is 0 Å². The van der Waals surface area contributed by atoms with Crippen LogP contribution >= 0.6 is 22.7 Å². The van der Waals surface area contributed by atoms with Crippen molar-refractivity contribution < 1.29 is 9.69 Å². The van der Waals surface area contributed by atoms with Gasteiger partial charge in [0.05, 0.1) is 11.4 Å². The van der Waals surface area contributed by atoms with Gasteiger partial charge in [-0.1, -0.05) is 18.2 Å². The lowest BCUT2D eigenvalue weighted by atomic mass is 9.98. The second kappa shape index (κ2) is 7.12. The van der Waals surface area contributed by atoms with E-state index in [1.165, 1.54) is 20.2 Å². The second-order valence-corrected chi connectivity index (χ2v) is 8.48. The van der Waals surface area contributed by atoms with E-state index in [9.17, 15) is 4.79 Å². The Hall–Kier alpha value is -1.95. The van der Waals surface area contributed by atoms with Crippen LogP contribution in [0.25, 0.3) is 0 Å². The van der Waals surface area contributed by atoms with Gasteiger partial charge < -0.3 is 10.2 Å². The Morgan fingerprint density at radius 1 is 1.20 bits per heavy atom. The first-order chi connectivity index (χ1) is 12.2. The molecule has 128 valence electrons. The maximum absolute atomic E-state index is 12.6. The van der Waals surface area contributed by atoms with Gasteiger partial charge in [-0.3, -0.25) is 4.79 Å². The molecule has 0 saturated carbocycles. The summed E-state index contributed by atoms with van der Waals surface area (Å²) in [5, 5.41) is 7.37. The number of benzene rings is 1. The van der Waals surface area contributed by atoms with Crippen LogP contribution in [0.15, 0.2) is 53.2 Å². The Morgan fingerprint density at radius 2 is 2.12 bits per heavy atom. The highest BCUT2D eigenvalue weighted by Gasteiger charge is 2.35. The van der Waals surface area contributed by atoms with E-state index >= 15 is 0 Å². The fourth-order valence-electron chi connectivity index (χ4n) is 3.58. The van der Waals surface area contributed by atoms with Gasteiger partial charge in [-0.15, -0.1) is 22.7 Å². The summed E-state index contributed by atoms with van der Waals surface area (Å²) in [5.74, 6) is 0.0841. The molecule has 25 heavy (non-hydrogen) atoms. The fraction of sp³-hybridized carbons (Fsp3) is 0.250. The molecule has 0 fully saturated rings. The molecule has 1 amide bonds. The molecule has 3 aromatic rings. The van der Waals surface area contributed by atoms with Crippen LogP contribution in [-0.2, 0) is 11.2 Å². The normalized spacial score (nSPS) is 19.4. The SMILES string of the molecule is Cc1cccc(NC(=O)C[NH+]2CCc3sccc3[C@@H]2c2cccs2)c1. The summed E-state index contributed by atoms with van der Waals surface area (Å²) in [6, 6.07) is 14.8. The highest BCUT2D eigenvalue weighted by molar-refractivity contribution is 7.10. The first kappa shape index (κ1) is 16.5. The number of hydrogen-bond acceptors (Lipinski definition) is 3. The van der Waals surface area contributed by atoms with Crippen LogP contribution in [0.4, 0.5) is 5.69 Å². The van der Waals surface area contributed by atoms with Crippen molar-refractivity contribution in [3.63, 3.8) is 0 Å². The van der Waals surface area contributed by atoms with E-state index in [1.54, 1.807) is 11.3 Å². The number of carbonyl (C=O) groups excluding carboxylic acids is 1. The van der Waals surface area contributed by atoms with Crippen LogP contribution in [0, 0.1) is 6.92 Å². The molecule has 3 heterocycles. The number of carbonyl (C=O) groups is 1. The van der Waals surface area contributed by atoms with Gasteiger partial charge in [0.2, 0.25) is 0 Å². The van der Waals surface area contributed by atoms with Gasteiger partial charge in [0.25, 0.3) is 5.91 Å². The standard InChI is InChI=1S/C20H20N2OS2/c1-14-4-2-5-15(12-14)21-19(23)13-22-9-7-17-16(8-11-25-17)20(22)18-6-3-10-24-18/h2-6,8,10-12,20H,7,9,13H2,1H3,(H,21,23)/p+1/t20-/m1/s1. The van der Waals surface area contributed by atoms with Crippen molar-refractivity contribution >= 4 is 34.3 Å². The smallest absolute Gasteiger partial charge is 0.279 e. The third kappa shape index (κ3) is 3.54. The average molecular weight is 370 g/mol. The van der Waals surface area contributed by atoms with Gasteiger partial charge in [0.1, 0.15) is 6.04 Å². The number of fused-ring (bicyclic) bond motifs is 1. The molecule has 1 aliphatic heterocycles. The maximum atomic E-state index is 12.6. The number of aryl methyl sites for hydroxylation is 1. The third-order valence-electron chi connectivity index (χ3n) is 4.69. The zero-order valence-corrected chi connectivity index (χ0v) is 15.8.